The second kappa shape index (κ2) is 5.30. The number of aryl methyl sites for hydroxylation is 1. The van der Waals surface area contributed by atoms with Gasteiger partial charge in [-0.05, 0) is 18.2 Å². The molecular formula is C12H14F3N3O2S. The summed E-state index contributed by atoms with van der Waals surface area (Å²) in [4.78, 5) is 4.30. The number of nitrogens with one attached hydrogen (secondary N) is 1. The first-order valence-electron chi connectivity index (χ1n) is 6.01. The van der Waals surface area contributed by atoms with Gasteiger partial charge < -0.3 is 9.88 Å². The molecule has 0 amide bonds. The molecule has 1 aromatic carbocycles. The van der Waals surface area contributed by atoms with Crippen LogP contribution in [0.4, 0.5) is 13.2 Å². The lowest BCUT2D eigenvalue weighted by molar-refractivity contribution is -0.125. The number of aromatic nitrogens is 2. The molecule has 0 aliphatic heterocycles. The maximum Gasteiger partial charge on any atom is 0.401 e. The Balaban J connectivity index is 2.28. The Bertz CT molecular complexity index is 766. The number of rotatable bonds is 4. The monoisotopic (exact) mass is 321 g/mol. The molecule has 0 radical (unpaired) electrons. The molecule has 9 heteroatoms. The molecule has 0 atom stereocenters. The lowest BCUT2D eigenvalue weighted by atomic mass is 10.3. The van der Waals surface area contributed by atoms with E-state index in [4.69, 9.17) is 0 Å². The van der Waals surface area contributed by atoms with Gasteiger partial charge >= 0.3 is 6.18 Å². The first kappa shape index (κ1) is 15.8. The normalized spacial score (nSPS) is 13.0. The van der Waals surface area contributed by atoms with E-state index in [9.17, 15) is 21.6 Å². The van der Waals surface area contributed by atoms with E-state index in [0.29, 0.717) is 16.9 Å². The minimum atomic E-state index is -4.28. The molecule has 0 saturated heterocycles. The summed E-state index contributed by atoms with van der Waals surface area (Å²) < 4.78 is 60.9. The third-order valence-corrected chi connectivity index (χ3v) is 4.09. The molecule has 5 nitrogen and oxygen atoms in total. The molecule has 0 fully saturated rings. The van der Waals surface area contributed by atoms with E-state index in [-0.39, 0.29) is 11.4 Å². The number of sulfone groups is 1. The highest BCUT2D eigenvalue weighted by molar-refractivity contribution is 7.90. The Kier molecular flexibility index (Phi) is 3.98. The molecule has 0 unspecified atom stereocenters. The first-order chi connectivity index (χ1) is 9.58. The second-order valence-corrected chi connectivity index (χ2v) is 6.74. The Morgan fingerprint density at radius 2 is 2.00 bits per heavy atom. The van der Waals surface area contributed by atoms with Gasteiger partial charge in [0.1, 0.15) is 5.82 Å². The molecule has 2 aromatic rings. The maximum atomic E-state index is 12.1. The van der Waals surface area contributed by atoms with Gasteiger partial charge in [-0.25, -0.2) is 13.4 Å². The van der Waals surface area contributed by atoms with Crippen molar-refractivity contribution in [1.82, 2.24) is 14.9 Å². The van der Waals surface area contributed by atoms with Crippen molar-refractivity contribution in [3.8, 4) is 0 Å². The van der Waals surface area contributed by atoms with Gasteiger partial charge in [-0.2, -0.15) is 13.2 Å². The van der Waals surface area contributed by atoms with E-state index in [0.717, 1.165) is 6.26 Å². The van der Waals surface area contributed by atoms with Gasteiger partial charge in [-0.3, -0.25) is 0 Å². The van der Waals surface area contributed by atoms with Crippen molar-refractivity contribution >= 4 is 20.9 Å². The minimum absolute atomic E-state index is 0.0566. The van der Waals surface area contributed by atoms with Gasteiger partial charge in [0.25, 0.3) is 0 Å². The summed E-state index contributed by atoms with van der Waals surface area (Å²) in [5.74, 6) is 0.403. The largest absolute Gasteiger partial charge is 0.401 e. The third-order valence-electron chi connectivity index (χ3n) is 2.98. The molecule has 1 aromatic heterocycles. The zero-order valence-corrected chi connectivity index (χ0v) is 12.2. The number of benzene rings is 1. The first-order valence-corrected chi connectivity index (χ1v) is 7.90. The number of halogens is 3. The van der Waals surface area contributed by atoms with Crippen molar-refractivity contribution < 1.29 is 21.6 Å². The Labute approximate surface area is 119 Å². The standard InChI is InChI=1S/C12H14F3N3O2S/c1-18-10-4-3-8(21(2,19)20)5-9(10)17-11(18)6-16-7-12(13,14)15/h3-5,16H,6-7H2,1-2H3. The molecule has 1 N–H and O–H groups in total. The summed E-state index contributed by atoms with van der Waals surface area (Å²) in [5, 5.41) is 2.26. The number of hydrogen-bond donors (Lipinski definition) is 1. The van der Waals surface area contributed by atoms with Gasteiger partial charge in [0.2, 0.25) is 0 Å². The molecule has 0 saturated carbocycles. The van der Waals surface area contributed by atoms with Crippen LogP contribution in [-0.2, 0) is 23.4 Å². The number of fused-ring (bicyclic) bond motifs is 1. The van der Waals surface area contributed by atoms with E-state index in [1.54, 1.807) is 17.7 Å². The van der Waals surface area contributed by atoms with Gasteiger partial charge in [0, 0.05) is 13.3 Å². The minimum Gasteiger partial charge on any atom is -0.330 e. The van der Waals surface area contributed by atoms with Crippen molar-refractivity contribution in [3.63, 3.8) is 0 Å². The van der Waals surface area contributed by atoms with E-state index < -0.39 is 22.6 Å². The van der Waals surface area contributed by atoms with Crippen LogP contribution in [0.1, 0.15) is 5.82 Å². The van der Waals surface area contributed by atoms with E-state index >= 15 is 0 Å². The van der Waals surface area contributed by atoms with Crippen molar-refractivity contribution in [2.45, 2.75) is 17.6 Å². The van der Waals surface area contributed by atoms with Crippen LogP contribution in [0.3, 0.4) is 0 Å². The fourth-order valence-corrected chi connectivity index (χ4v) is 2.58. The molecule has 0 aliphatic rings. The van der Waals surface area contributed by atoms with Gasteiger partial charge in [-0.15, -0.1) is 0 Å². The van der Waals surface area contributed by atoms with E-state index in [1.807, 2.05) is 0 Å². The molecule has 1 heterocycles. The van der Waals surface area contributed by atoms with Crippen molar-refractivity contribution in [2.75, 3.05) is 12.8 Å². The summed E-state index contributed by atoms with van der Waals surface area (Å²) >= 11 is 0. The molecule has 21 heavy (non-hydrogen) atoms. The predicted octanol–water partition coefficient (Wildman–Crippen LogP) is 1.63. The van der Waals surface area contributed by atoms with Crippen LogP contribution in [0.5, 0.6) is 0 Å². The highest BCUT2D eigenvalue weighted by atomic mass is 32.2. The highest BCUT2D eigenvalue weighted by Gasteiger charge is 2.26. The quantitative estimate of drug-likeness (QED) is 0.930. The van der Waals surface area contributed by atoms with Crippen LogP contribution in [0.2, 0.25) is 0 Å². The Hall–Kier alpha value is -1.61. The smallest absolute Gasteiger partial charge is 0.330 e. The fraction of sp³-hybridized carbons (Fsp3) is 0.417. The maximum absolute atomic E-state index is 12.1. The Morgan fingerprint density at radius 1 is 1.33 bits per heavy atom. The van der Waals surface area contributed by atoms with E-state index in [2.05, 4.69) is 10.3 Å². The van der Waals surface area contributed by atoms with Crippen molar-refractivity contribution in [1.29, 1.82) is 0 Å². The summed E-state index contributed by atoms with van der Waals surface area (Å²) in [6.45, 7) is -1.16. The molecule has 0 aliphatic carbocycles. The average molecular weight is 321 g/mol. The number of alkyl halides is 3. The predicted molar refractivity (Wildman–Crippen MR) is 71.6 cm³/mol. The third kappa shape index (κ3) is 3.73. The lowest BCUT2D eigenvalue weighted by Crippen LogP contribution is -2.29. The van der Waals surface area contributed by atoms with Crippen LogP contribution in [-0.4, -0.2) is 36.9 Å². The zero-order chi connectivity index (χ0) is 15.8. The van der Waals surface area contributed by atoms with Gasteiger partial charge in [0.05, 0.1) is 29.0 Å². The van der Waals surface area contributed by atoms with Gasteiger partial charge in [-0.1, -0.05) is 0 Å². The fourth-order valence-electron chi connectivity index (χ4n) is 1.93. The van der Waals surface area contributed by atoms with Crippen LogP contribution in [0, 0.1) is 0 Å². The van der Waals surface area contributed by atoms with Crippen LogP contribution >= 0.6 is 0 Å². The van der Waals surface area contributed by atoms with Crippen molar-refractivity contribution in [3.05, 3.63) is 24.0 Å². The lowest BCUT2D eigenvalue weighted by Gasteiger charge is -2.07. The summed E-state index contributed by atoms with van der Waals surface area (Å²) in [5.41, 5.74) is 1.09. The second-order valence-electron chi connectivity index (χ2n) is 4.73. The molecule has 0 bridgehead atoms. The van der Waals surface area contributed by atoms with E-state index in [1.165, 1.54) is 12.1 Å². The highest BCUT2D eigenvalue weighted by Crippen LogP contribution is 2.20. The van der Waals surface area contributed by atoms with Crippen LogP contribution < -0.4 is 5.32 Å². The number of nitrogens with zero attached hydrogens (tertiary/aromatic N) is 2. The Morgan fingerprint density at radius 3 is 2.57 bits per heavy atom. The SMILES string of the molecule is Cn1c(CNCC(F)(F)F)nc2cc(S(C)(=O)=O)ccc21. The van der Waals surface area contributed by atoms with Crippen LogP contribution in [0.15, 0.2) is 23.1 Å². The average Bonchev–Trinajstić information content (AvgIpc) is 2.63. The molecule has 2 rings (SSSR count). The van der Waals surface area contributed by atoms with Crippen molar-refractivity contribution in [2.24, 2.45) is 7.05 Å². The topological polar surface area (TPSA) is 64.0 Å². The van der Waals surface area contributed by atoms with Crippen LogP contribution in [0.25, 0.3) is 11.0 Å². The summed E-state index contributed by atoms with van der Waals surface area (Å²) in [6, 6.07) is 4.45. The summed E-state index contributed by atoms with van der Waals surface area (Å²) in [6.07, 6.45) is -3.20. The number of hydrogen-bond acceptors (Lipinski definition) is 4. The zero-order valence-electron chi connectivity index (χ0n) is 11.4. The summed E-state index contributed by atoms with van der Waals surface area (Å²) in [7, 11) is -1.68. The van der Waals surface area contributed by atoms with Gasteiger partial charge in [0.15, 0.2) is 9.84 Å². The molecule has 0 spiro atoms. The molecule has 116 valence electrons. The number of imidazole rings is 1. The molecular weight excluding hydrogens is 307 g/mol.